The predicted molar refractivity (Wildman–Crippen MR) is 162 cm³/mol. The van der Waals surface area contributed by atoms with Gasteiger partial charge in [-0.2, -0.15) is 23.1 Å². The number of nitrogens with one attached hydrogen (secondary N) is 2. The zero-order chi connectivity index (χ0) is 32.8. The van der Waals surface area contributed by atoms with Crippen LogP contribution in [0.5, 0.6) is 11.9 Å². The van der Waals surface area contributed by atoms with Crippen LogP contribution in [0.1, 0.15) is 37.3 Å². The second kappa shape index (κ2) is 10.8. The highest BCUT2D eigenvalue weighted by Gasteiger charge is 2.53. The number of fused-ring (bicyclic) bond motifs is 2. The number of pyridine rings is 1. The van der Waals surface area contributed by atoms with Crippen LogP contribution in [0.25, 0.3) is 22.2 Å². The van der Waals surface area contributed by atoms with E-state index in [1.165, 1.54) is 0 Å². The topological polar surface area (TPSA) is 120 Å². The molecule has 15 heteroatoms. The number of hydrogen-bond acceptors (Lipinski definition) is 10. The summed E-state index contributed by atoms with van der Waals surface area (Å²) in [5, 5.41) is 6.63. The summed E-state index contributed by atoms with van der Waals surface area (Å²) in [6.07, 6.45) is -0.655. The number of nitrogen functional groups attached to an aromatic ring is 1. The van der Waals surface area contributed by atoms with Crippen molar-refractivity contribution in [2.45, 2.75) is 57.5 Å². The smallest absolute Gasteiger partial charge is 0.417 e. The average molecular weight is 660 g/mol. The normalized spacial score (nSPS) is 26.1. The molecule has 8 rings (SSSR count). The van der Waals surface area contributed by atoms with Gasteiger partial charge >= 0.3 is 12.2 Å². The third kappa shape index (κ3) is 5.27. The van der Waals surface area contributed by atoms with Crippen molar-refractivity contribution in [3.8, 4) is 23.1 Å². The van der Waals surface area contributed by atoms with Crippen molar-refractivity contribution in [2.24, 2.45) is 11.3 Å². The van der Waals surface area contributed by atoms with Crippen LogP contribution in [0, 0.1) is 29.9 Å². The molecule has 1 aliphatic carbocycles. The van der Waals surface area contributed by atoms with E-state index >= 15 is 4.39 Å². The van der Waals surface area contributed by atoms with E-state index in [9.17, 15) is 17.6 Å². The monoisotopic (exact) mass is 659 g/mol. The summed E-state index contributed by atoms with van der Waals surface area (Å²) >= 11 is 0. The van der Waals surface area contributed by atoms with Gasteiger partial charge in [0, 0.05) is 36.3 Å². The summed E-state index contributed by atoms with van der Waals surface area (Å²) in [6.45, 7) is 6.48. The van der Waals surface area contributed by atoms with Gasteiger partial charge in [-0.25, -0.2) is 13.8 Å². The van der Waals surface area contributed by atoms with E-state index in [0.29, 0.717) is 31.7 Å². The molecule has 1 aromatic carbocycles. The standard InChI is InChI=1S/C32H34F5N7O3/c1-14-5-16-6-17(39-8-16)9-40-28-22-27(42-30(43-28)46-13-31(3-4-31)12-44-10-21-20(44)11-45-21)25(34)26(41-29(22)47-14)18-7-19(38)24(33)15(2)23(18)32(35,36)37/h6-7,14,16,20-21,39H,3-5,8-13,38H2,1-2H3,(H,40,42,43)/t14-,16?,20?,21?/m0/s1. The van der Waals surface area contributed by atoms with E-state index in [-0.39, 0.29) is 46.6 Å². The Hall–Kier alpha value is -3.98. The molecule has 4 aliphatic heterocycles. The first kappa shape index (κ1) is 30.4. The van der Waals surface area contributed by atoms with Crippen LogP contribution in [0.3, 0.4) is 0 Å². The van der Waals surface area contributed by atoms with Crippen molar-refractivity contribution in [1.29, 1.82) is 0 Å². The van der Waals surface area contributed by atoms with E-state index in [4.69, 9.17) is 19.9 Å². The summed E-state index contributed by atoms with van der Waals surface area (Å²) in [6, 6.07) is 1.05. The number of nitrogens with two attached hydrogens (primary N) is 1. The quantitative estimate of drug-likeness (QED) is 0.251. The SMILES string of the molecule is Cc1c(F)c(N)cc(-c2nc3c4c(nc(OCC5(CN6CC7OCC76)CC5)nc4c2F)NCC2=CC(CN2)C[C@H](C)O3)c1C(F)(F)F. The van der Waals surface area contributed by atoms with Crippen molar-refractivity contribution in [3.63, 3.8) is 0 Å². The highest BCUT2D eigenvalue weighted by molar-refractivity contribution is 5.97. The molecular weight excluding hydrogens is 625 g/mol. The Morgan fingerprint density at radius 2 is 1.96 bits per heavy atom. The van der Waals surface area contributed by atoms with Crippen LogP contribution in [0.4, 0.5) is 33.5 Å². The van der Waals surface area contributed by atoms with Gasteiger partial charge in [0.2, 0.25) is 5.88 Å². The molecule has 47 heavy (non-hydrogen) atoms. The molecule has 2 aromatic heterocycles. The highest BCUT2D eigenvalue weighted by Crippen LogP contribution is 2.49. The molecule has 3 unspecified atom stereocenters. The summed E-state index contributed by atoms with van der Waals surface area (Å²) in [4.78, 5) is 15.7. The van der Waals surface area contributed by atoms with Gasteiger partial charge in [0.05, 0.1) is 49.3 Å². The number of halogens is 5. The molecule has 2 bridgehead atoms. The Bertz CT molecular complexity index is 1810. The molecule has 2 saturated heterocycles. The van der Waals surface area contributed by atoms with E-state index < -0.39 is 52.0 Å². The number of benzene rings is 1. The fourth-order valence-electron chi connectivity index (χ4n) is 7.15. The van der Waals surface area contributed by atoms with Crippen LogP contribution in [-0.4, -0.2) is 77.5 Å². The molecule has 0 spiro atoms. The van der Waals surface area contributed by atoms with Gasteiger partial charge in [-0.1, -0.05) is 6.08 Å². The zero-order valence-electron chi connectivity index (χ0n) is 25.8. The first-order valence-corrected chi connectivity index (χ1v) is 15.8. The van der Waals surface area contributed by atoms with Gasteiger partial charge < -0.3 is 30.6 Å². The number of rotatable bonds is 6. The van der Waals surface area contributed by atoms with Gasteiger partial charge in [0.15, 0.2) is 5.82 Å². The molecule has 250 valence electrons. The third-order valence-electron chi connectivity index (χ3n) is 10.0. The van der Waals surface area contributed by atoms with E-state index in [0.717, 1.165) is 51.2 Å². The maximum atomic E-state index is 16.7. The Balaban J connectivity index is 1.25. The summed E-state index contributed by atoms with van der Waals surface area (Å²) in [5.74, 6) is -2.28. The number of morpholine rings is 1. The molecule has 4 N–H and O–H groups in total. The first-order chi connectivity index (χ1) is 22.4. The Morgan fingerprint density at radius 3 is 2.64 bits per heavy atom. The largest absolute Gasteiger partial charge is 0.474 e. The lowest BCUT2D eigenvalue weighted by Crippen LogP contribution is -2.71. The fraction of sp³-hybridized carbons (Fsp3) is 0.531. The summed E-state index contributed by atoms with van der Waals surface area (Å²) in [5.41, 5.74) is 2.09. The zero-order valence-corrected chi connectivity index (χ0v) is 25.8. The minimum atomic E-state index is -5.04. The van der Waals surface area contributed by atoms with Gasteiger partial charge in [-0.15, -0.1) is 0 Å². The lowest BCUT2D eigenvalue weighted by atomic mass is 9.92. The minimum Gasteiger partial charge on any atom is -0.474 e. The molecule has 5 aliphatic rings. The Kier molecular flexibility index (Phi) is 6.96. The average Bonchev–Trinajstić information content (AvgIpc) is 3.63. The van der Waals surface area contributed by atoms with Gasteiger partial charge in [0.1, 0.15) is 28.2 Å². The molecule has 6 heterocycles. The Morgan fingerprint density at radius 1 is 1.15 bits per heavy atom. The van der Waals surface area contributed by atoms with E-state index in [2.05, 4.69) is 36.6 Å². The highest BCUT2D eigenvalue weighted by atomic mass is 19.4. The van der Waals surface area contributed by atoms with Gasteiger partial charge in [-0.05, 0) is 50.7 Å². The van der Waals surface area contributed by atoms with Gasteiger partial charge in [-0.3, -0.25) is 4.90 Å². The lowest BCUT2D eigenvalue weighted by molar-refractivity contribution is -0.218. The summed E-state index contributed by atoms with van der Waals surface area (Å²) < 4.78 is 92.5. The van der Waals surface area contributed by atoms with Crippen LogP contribution in [-0.2, 0) is 10.9 Å². The maximum absolute atomic E-state index is 16.7. The number of alkyl halides is 3. The van der Waals surface area contributed by atoms with Crippen LogP contribution in [0.2, 0.25) is 0 Å². The van der Waals surface area contributed by atoms with Crippen molar-refractivity contribution < 1.29 is 36.2 Å². The van der Waals surface area contributed by atoms with E-state index in [1.54, 1.807) is 6.92 Å². The minimum absolute atomic E-state index is 0.0573. The first-order valence-electron chi connectivity index (χ1n) is 15.8. The fourth-order valence-corrected chi connectivity index (χ4v) is 7.15. The van der Waals surface area contributed by atoms with Crippen LogP contribution < -0.4 is 25.8 Å². The number of aromatic nitrogens is 3. The molecule has 3 aromatic rings. The second-order valence-corrected chi connectivity index (χ2v) is 13.5. The third-order valence-corrected chi connectivity index (χ3v) is 10.0. The molecule has 4 atom stereocenters. The number of likely N-dealkylation sites (tertiary alicyclic amines) is 1. The predicted octanol–water partition coefficient (Wildman–Crippen LogP) is 4.81. The van der Waals surface area contributed by atoms with Crippen molar-refractivity contribution >= 4 is 22.4 Å². The second-order valence-electron chi connectivity index (χ2n) is 13.5. The van der Waals surface area contributed by atoms with E-state index in [1.807, 2.05) is 0 Å². The van der Waals surface area contributed by atoms with Crippen molar-refractivity contribution in [3.05, 3.63) is 40.6 Å². The van der Waals surface area contributed by atoms with Gasteiger partial charge in [0.25, 0.3) is 0 Å². The summed E-state index contributed by atoms with van der Waals surface area (Å²) in [7, 11) is 0. The van der Waals surface area contributed by atoms with Crippen LogP contribution in [0.15, 0.2) is 17.8 Å². The Labute approximate surface area is 266 Å². The van der Waals surface area contributed by atoms with Crippen molar-refractivity contribution in [1.82, 2.24) is 25.2 Å². The number of anilines is 2. The molecular formula is C32H34F5N7O3. The maximum Gasteiger partial charge on any atom is 0.417 e. The number of hydrogen-bond donors (Lipinski definition) is 3. The molecule has 1 saturated carbocycles. The number of ether oxygens (including phenoxy) is 3. The number of nitrogens with zero attached hydrogens (tertiary/aromatic N) is 4. The molecule has 0 radical (unpaired) electrons. The molecule has 10 nitrogen and oxygen atoms in total. The van der Waals surface area contributed by atoms with Crippen LogP contribution >= 0.6 is 0 Å². The van der Waals surface area contributed by atoms with Crippen molar-refractivity contribution in [2.75, 3.05) is 50.4 Å². The lowest BCUT2D eigenvalue weighted by Gasteiger charge is -2.55. The molecule has 0 amide bonds. The molecule has 3 fully saturated rings.